The van der Waals surface area contributed by atoms with Gasteiger partial charge in [0.1, 0.15) is 0 Å². The van der Waals surface area contributed by atoms with Gasteiger partial charge in [0.2, 0.25) is 5.91 Å². The van der Waals surface area contributed by atoms with Crippen LogP contribution in [0, 0.1) is 5.92 Å². The average molecular weight is 258 g/mol. The fraction of sp³-hybridized carbons (Fsp3) is 0.429. The monoisotopic (exact) mass is 258 g/mol. The molecule has 0 saturated heterocycles. The Morgan fingerprint density at radius 1 is 1.53 bits per heavy atom. The number of nitrogens with zero attached hydrogens (tertiary/aromatic N) is 2. The predicted octanol–water partition coefficient (Wildman–Crippen LogP) is 0.927. The van der Waals surface area contributed by atoms with Crippen LogP contribution < -0.4 is 11.1 Å². The van der Waals surface area contributed by atoms with Gasteiger partial charge in [0.05, 0.1) is 17.4 Å². The van der Waals surface area contributed by atoms with Crippen LogP contribution in [0.1, 0.15) is 18.4 Å². The molecular formula is C14H18N4O. The van der Waals surface area contributed by atoms with E-state index in [9.17, 15) is 4.79 Å². The normalized spacial score (nSPS) is 22.2. The van der Waals surface area contributed by atoms with Crippen LogP contribution in [0.15, 0.2) is 24.5 Å². The zero-order chi connectivity index (χ0) is 13.4. The third-order valence-corrected chi connectivity index (χ3v) is 3.80. The fourth-order valence-electron chi connectivity index (χ4n) is 2.50. The summed E-state index contributed by atoms with van der Waals surface area (Å²) in [5.74, 6) is 0.219. The number of hydrogen-bond donors (Lipinski definition) is 2. The SMILES string of the molecule is Cn1cnc2cc(CNC(=O)C3CC(N)C3)ccc21. The second-order valence-electron chi connectivity index (χ2n) is 5.32. The number of fused-ring (bicyclic) bond motifs is 1. The van der Waals surface area contributed by atoms with E-state index in [1.165, 1.54) is 0 Å². The molecular weight excluding hydrogens is 240 g/mol. The van der Waals surface area contributed by atoms with Gasteiger partial charge in [0.25, 0.3) is 0 Å². The Kier molecular flexibility index (Phi) is 2.98. The molecule has 0 bridgehead atoms. The average Bonchev–Trinajstić information content (AvgIpc) is 2.73. The molecule has 1 aromatic carbocycles. The second-order valence-corrected chi connectivity index (χ2v) is 5.32. The number of benzene rings is 1. The summed E-state index contributed by atoms with van der Waals surface area (Å²) in [6, 6.07) is 6.28. The number of hydrogen-bond acceptors (Lipinski definition) is 3. The maximum absolute atomic E-state index is 11.8. The zero-order valence-corrected chi connectivity index (χ0v) is 11.0. The van der Waals surface area contributed by atoms with E-state index in [4.69, 9.17) is 5.73 Å². The van der Waals surface area contributed by atoms with E-state index in [1.54, 1.807) is 6.33 Å². The minimum absolute atomic E-state index is 0.105. The highest BCUT2D eigenvalue weighted by Crippen LogP contribution is 2.25. The molecule has 0 unspecified atom stereocenters. The van der Waals surface area contributed by atoms with Crippen molar-refractivity contribution in [3.63, 3.8) is 0 Å². The molecule has 0 spiro atoms. The molecule has 1 heterocycles. The molecule has 1 aromatic heterocycles. The highest BCUT2D eigenvalue weighted by Gasteiger charge is 2.31. The summed E-state index contributed by atoms with van der Waals surface area (Å²) in [5, 5.41) is 2.96. The van der Waals surface area contributed by atoms with Crippen LogP contribution in [-0.2, 0) is 18.4 Å². The van der Waals surface area contributed by atoms with Gasteiger partial charge in [0, 0.05) is 25.6 Å². The van der Waals surface area contributed by atoms with E-state index in [1.807, 2.05) is 29.8 Å². The molecule has 1 amide bonds. The summed E-state index contributed by atoms with van der Waals surface area (Å²) in [5.41, 5.74) is 8.82. The second kappa shape index (κ2) is 4.66. The lowest BCUT2D eigenvalue weighted by molar-refractivity contribution is -0.128. The van der Waals surface area contributed by atoms with Gasteiger partial charge in [-0.05, 0) is 30.5 Å². The maximum atomic E-state index is 11.8. The standard InChI is InChI=1S/C14H18N4O/c1-18-8-17-12-4-9(2-3-13(12)18)7-16-14(19)10-5-11(15)6-10/h2-4,8,10-11H,5-7,15H2,1H3,(H,16,19). The van der Waals surface area contributed by atoms with Crippen molar-refractivity contribution < 1.29 is 4.79 Å². The van der Waals surface area contributed by atoms with Crippen molar-refractivity contribution in [1.82, 2.24) is 14.9 Å². The number of carbonyl (C=O) groups is 1. The topological polar surface area (TPSA) is 72.9 Å². The van der Waals surface area contributed by atoms with E-state index >= 15 is 0 Å². The van der Waals surface area contributed by atoms with Crippen molar-refractivity contribution in [1.29, 1.82) is 0 Å². The Hall–Kier alpha value is -1.88. The van der Waals surface area contributed by atoms with Crippen LogP contribution in [-0.4, -0.2) is 21.5 Å². The Balaban J connectivity index is 1.63. The van der Waals surface area contributed by atoms with E-state index in [0.29, 0.717) is 6.54 Å². The molecule has 3 rings (SSSR count). The van der Waals surface area contributed by atoms with Crippen molar-refractivity contribution in [3.05, 3.63) is 30.1 Å². The fourth-order valence-corrected chi connectivity index (χ4v) is 2.50. The predicted molar refractivity (Wildman–Crippen MR) is 73.3 cm³/mol. The van der Waals surface area contributed by atoms with Gasteiger partial charge in [-0.25, -0.2) is 4.98 Å². The lowest BCUT2D eigenvalue weighted by Gasteiger charge is -2.31. The molecule has 0 aliphatic heterocycles. The Morgan fingerprint density at radius 2 is 2.32 bits per heavy atom. The highest BCUT2D eigenvalue weighted by molar-refractivity contribution is 5.80. The summed E-state index contributed by atoms with van der Waals surface area (Å²) < 4.78 is 1.98. The molecule has 5 nitrogen and oxygen atoms in total. The van der Waals surface area contributed by atoms with E-state index < -0.39 is 0 Å². The minimum Gasteiger partial charge on any atom is -0.352 e. The van der Waals surface area contributed by atoms with Crippen molar-refractivity contribution in [2.24, 2.45) is 18.7 Å². The largest absolute Gasteiger partial charge is 0.352 e. The van der Waals surface area contributed by atoms with Crippen LogP contribution in [0.25, 0.3) is 11.0 Å². The third kappa shape index (κ3) is 2.33. The van der Waals surface area contributed by atoms with Gasteiger partial charge < -0.3 is 15.6 Å². The first kappa shape index (κ1) is 12.2. The van der Waals surface area contributed by atoms with Gasteiger partial charge in [-0.15, -0.1) is 0 Å². The van der Waals surface area contributed by atoms with Gasteiger partial charge >= 0.3 is 0 Å². The van der Waals surface area contributed by atoms with Gasteiger partial charge in [-0.3, -0.25) is 4.79 Å². The number of carbonyl (C=O) groups excluding carboxylic acids is 1. The molecule has 3 N–H and O–H groups in total. The summed E-state index contributed by atoms with van der Waals surface area (Å²) >= 11 is 0. The van der Waals surface area contributed by atoms with Crippen molar-refractivity contribution in [2.45, 2.75) is 25.4 Å². The van der Waals surface area contributed by atoms with Crippen LogP contribution in [0.2, 0.25) is 0 Å². The molecule has 100 valence electrons. The Labute approximate surface area is 111 Å². The molecule has 0 atom stereocenters. The summed E-state index contributed by atoms with van der Waals surface area (Å²) in [4.78, 5) is 16.1. The Bertz CT molecular complexity index is 613. The molecule has 1 aliphatic rings. The Morgan fingerprint density at radius 3 is 3.05 bits per heavy atom. The van der Waals surface area contributed by atoms with Gasteiger partial charge in [0.15, 0.2) is 0 Å². The summed E-state index contributed by atoms with van der Waals surface area (Å²) in [7, 11) is 1.97. The van der Waals surface area contributed by atoms with Gasteiger partial charge in [-0.1, -0.05) is 6.07 Å². The molecule has 0 radical (unpaired) electrons. The third-order valence-electron chi connectivity index (χ3n) is 3.80. The molecule has 5 heteroatoms. The molecule has 1 fully saturated rings. The van der Waals surface area contributed by atoms with Crippen LogP contribution in [0.3, 0.4) is 0 Å². The highest BCUT2D eigenvalue weighted by atomic mass is 16.1. The first-order chi connectivity index (χ1) is 9.13. The maximum Gasteiger partial charge on any atom is 0.223 e. The molecule has 19 heavy (non-hydrogen) atoms. The molecule has 2 aromatic rings. The number of amides is 1. The van der Waals surface area contributed by atoms with Crippen LogP contribution in [0.5, 0.6) is 0 Å². The quantitative estimate of drug-likeness (QED) is 0.860. The summed E-state index contributed by atoms with van der Waals surface area (Å²) in [6.07, 6.45) is 3.42. The first-order valence-electron chi connectivity index (χ1n) is 6.57. The lowest BCUT2D eigenvalue weighted by atomic mass is 9.80. The molecule has 1 aliphatic carbocycles. The van der Waals surface area contributed by atoms with Gasteiger partial charge in [-0.2, -0.15) is 0 Å². The molecule has 1 saturated carbocycles. The van der Waals surface area contributed by atoms with Crippen molar-refractivity contribution in [3.8, 4) is 0 Å². The number of aromatic nitrogens is 2. The van der Waals surface area contributed by atoms with E-state index in [-0.39, 0.29) is 17.9 Å². The van der Waals surface area contributed by atoms with Crippen LogP contribution in [0.4, 0.5) is 0 Å². The van der Waals surface area contributed by atoms with E-state index in [0.717, 1.165) is 29.4 Å². The number of nitrogens with two attached hydrogens (primary N) is 1. The smallest absolute Gasteiger partial charge is 0.223 e. The minimum atomic E-state index is 0.105. The lowest BCUT2D eigenvalue weighted by Crippen LogP contribution is -2.44. The number of nitrogens with one attached hydrogen (secondary N) is 1. The summed E-state index contributed by atoms with van der Waals surface area (Å²) in [6.45, 7) is 0.553. The zero-order valence-electron chi connectivity index (χ0n) is 11.0. The van der Waals surface area contributed by atoms with Crippen molar-refractivity contribution >= 4 is 16.9 Å². The van der Waals surface area contributed by atoms with Crippen molar-refractivity contribution in [2.75, 3.05) is 0 Å². The number of aryl methyl sites for hydroxylation is 1. The van der Waals surface area contributed by atoms with E-state index in [2.05, 4.69) is 10.3 Å². The number of imidazole rings is 1. The first-order valence-corrected chi connectivity index (χ1v) is 6.57. The van der Waals surface area contributed by atoms with Crippen LogP contribution >= 0.6 is 0 Å². The number of rotatable bonds is 3.